The van der Waals surface area contributed by atoms with E-state index in [0.29, 0.717) is 0 Å². The van der Waals surface area contributed by atoms with Crippen molar-refractivity contribution in [2.45, 2.75) is 89.5 Å². The Morgan fingerprint density at radius 1 is 0.536 bits per heavy atom. The van der Waals surface area contributed by atoms with Gasteiger partial charge in [-0.2, -0.15) is 0 Å². The van der Waals surface area contributed by atoms with Gasteiger partial charge in [-0.15, -0.1) is 0 Å². The molecule has 2 aliphatic rings. The van der Waals surface area contributed by atoms with Gasteiger partial charge in [0.05, 0.1) is 5.82 Å². The zero-order valence-corrected chi connectivity index (χ0v) is 20.6. The summed E-state index contributed by atoms with van der Waals surface area (Å²) in [7, 11) is 0. The van der Waals surface area contributed by atoms with E-state index in [-0.39, 0.29) is 21.7 Å². The van der Waals surface area contributed by atoms with Gasteiger partial charge in [-0.3, -0.25) is 0 Å². The van der Waals surface area contributed by atoms with Gasteiger partial charge in [-0.25, -0.2) is 0 Å². The Bertz CT molecular complexity index is 572. The number of nitrogens with one attached hydrogen (secondary N) is 3. The highest BCUT2D eigenvalue weighted by Gasteiger charge is 2.33. The second-order valence-electron chi connectivity index (χ2n) is 12.2. The van der Waals surface area contributed by atoms with Crippen molar-refractivity contribution in [2.24, 2.45) is 21.7 Å². The third-order valence-corrected chi connectivity index (χ3v) is 4.95. The Hall–Kier alpha value is -1.64. The third kappa shape index (κ3) is 6.18. The topological polar surface area (TPSA) is 36.1 Å². The van der Waals surface area contributed by atoms with Crippen LogP contribution in [0.15, 0.2) is 47.3 Å². The molecule has 0 aromatic rings. The fraction of sp³-hybridized carbons (Fsp3) is 0.680. The van der Waals surface area contributed by atoms with Gasteiger partial charge in [-0.1, -0.05) is 96.2 Å². The molecule has 0 fully saturated rings. The molecule has 0 aromatic heterocycles. The predicted octanol–water partition coefficient (Wildman–Crippen LogP) is 6.79. The van der Waals surface area contributed by atoms with E-state index in [1.165, 1.54) is 22.7 Å². The highest BCUT2D eigenvalue weighted by Crippen LogP contribution is 2.42. The first-order chi connectivity index (χ1) is 12.2. The van der Waals surface area contributed by atoms with Gasteiger partial charge in [0.1, 0.15) is 0 Å². The molecule has 3 N–H and O–H groups in total. The van der Waals surface area contributed by atoms with Crippen LogP contribution in [0.5, 0.6) is 0 Å². The van der Waals surface area contributed by atoms with E-state index in [4.69, 9.17) is 0 Å². The Morgan fingerprint density at radius 2 is 0.893 bits per heavy atom. The minimum absolute atomic E-state index is 0.134. The lowest BCUT2D eigenvalue weighted by Gasteiger charge is -2.28. The van der Waals surface area contributed by atoms with E-state index < -0.39 is 0 Å². The van der Waals surface area contributed by atoms with E-state index >= 15 is 0 Å². The van der Waals surface area contributed by atoms with Crippen molar-refractivity contribution in [3.63, 3.8) is 0 Å². The summed E-state index contributed by atoms with van der Waals surface area (Å²) in [6.07, 6.45) is 1.01. The first kappa shape index (κ1) is 24.4. The van der Waals surface area contributed by atoms with E-state index in [0.717, 1.165) is 17.9 Å². The molecule has 160 valence electrons. The van der Waals surface area contributed by atoms with Gasteiger partial charge < -0.3 is 16.0 Å². The molecule has 0 aromatic carbocycles. The fourth-order valence-corrected chi connectivity index (χ4v) is 3.46. The van der Waals surface area contributed by atoms with Crippen LogP contribution in [-0.4, -0.2) is 0 Å². The SMILES string of the molecule is C=C1CC(C(C)(C)C)=C(C(C)(C)C)N1.C=C1NC(C(C)(C)C)=C(C(C)(C)C)N1. The van der Waals surface area contributed by atoms with Crippen molar-refractivity contribution in [3.8, 4) is 0 Å². The molecule has 0 spiro atoms. The van der Waals surface area contributed by atoms with Gasteiger partial charge >= 0.3 is 0 Å². The summed E-state index contributed by atoms with van der Waals surface area (Å²) in [5, 5.41) is 10.1. The minimum Gasteiger partial charge on any atom is -0.362 e. The van der Waals surface area contributed by atoms with E-state index in [2.05, 4.69) is 112 Å². The molecule has 2 rings (SSSR count). The lowest BCUT2D eigenvalue weighted by atomic mass is 9.79. The molecule has 0 saturated carbocycles. The summed E-state index contributed by atoms with van der Waals surface area (Å²) >= 11 is 0. The monoisotopic (exact) mass is 387 g/mol. The molecule has 0 atom stereocenters. The zero-order valence-electron chi connectivity index (χ0n) is 20.6. The molecule has 0 radical (unpaired) electrons. The Labute approximate surface area is 174 Å². The van der Waals surface area contributed by atoms with Gasteiger partial charge in [0, 0.05) is 45.5 Å². The standard InChI is InChI=1S/C13H23N.C12H22N2/c1-9-8-10(12(2,3)4)11(14-9)13(5,6)7;1-8-13-9(11(2,3)4)10(14-8)12(5,6)7/h14H,1,8H2,2-7H3;13-14H,1H2,2-7H3. The zero-order chi connectivity index (χ0) is 22.3. The van der Waals surface area contributed by atoms with Crippen LogP contribution in [0.1, 0.15) is 89.5 Å². The van der Waals surface area contributed by atoms with Crippen molar-refractivity contribution < 1.29 is 0 Å². The molecule has 0 unspecified atom stereocenters. The Kier molecular flexibility index (Phi) is 6.66. The second-order valence-corrected chi connectivity index (χ2v) is 12.2. The van der Waals surface area contributed by atoms with E-state index in [1.54, 1.807) is 0 Å². The summed E-state index contributed by atoms with van der Waals surface area (Å²) in [4.78, 5) is 0. The fourth-order valence-electron chi connectivity index (χ4n) is 3.46. The molecule has 2 heterocycles. The van der Waals surface area contributed by atoms with Crippen molar-refractivity contribution in [2.75, 3.05) is 0 Å². The highest BCUT2D eigenvalue weighted by atomic mass is 15.2. The first-order valence-corrected chi connectivity index (χ1v) is 10.4. The molecular weight excluding hydrogens is 342 g/mol. The summed E-state index contributed by atoms with van der Waals surface area (Å²) in [5.74, 6) is 0.889. The van der Waals surface area contributed by atoms with Crippen LogP contribution >= 0.6 is 0 Å². The van der Waals surface area contributed by atoms with Crippen LogP contribution in [-0.2, 0) is 0 Å². The highest BCUT2D eigenvalue weighted by molar-refractivity contribution is 5.35. The molecular formula is C25H45N3. The Balaban J connectivity index is 0.000000280. The molecule has 3 heteroatoms. The first-order valence-electron chi connectivity index (χ1n) is 10.4. The van der Waals surface area contributed by atoms with Crippen LogP contribution in [0.2, 0.25) is 0 Å². The lowest BCUT2D eigenvalue weighted by Crippen LogP contribution is -2.23. The van der Waals surface area contributed by atoms with Gasteiger partial charge in [0.2, 0.25) is 0 Å². The Morgan fingerprint density at radius 3 is 1.14 bits per heavy atom. The maximum Gasteiger partial charge on any atom is 0.0998 e. The van der Waals surface area contributed by atoms with Gasteiger partial charge in [0.15, 0.2) is 0 Å². The number of allylic oxidation sites excluding steroid dienone is 4. The van der Waals surface area contributed by atoms with Crippen LogP contribution in [0.3, 0.4) is 0 Å². The number of hydrogen-bond donors (Lipinski definition) is 3. The van der Waals surface area contributed by atoms with Crippen LogP contribution < -0.4 is 16.0 Å². The summed E-state index contributed by atoms with van der Waals surface area (Å²) in [6.45, 7) is 34.8. The minimum atomic E-state index is 0.134. The molecule has 0 bridgehead atoms. The van der Waals surface area contributed by atoms with Crippen molar-refractivity contribution >= 4 is 0 Å². The normalized spacial score (nSPS) is 18.6. The molecule has 2 aliphatic heterocycles. The number of hydrogen-bond acceptors (Lipinski definition) is 3. The van der Waals surface area contributed by atoms with Crippen molar-refractivity contribution in [3.05, 3.63) is 47.3 Å². The van der Waals surface area contributed by atoms with Crippen molar-refractivity contribution in [1.29, 1.82) is 0 Å². The van der Waals surface area contributed by atoms with Crippen molar-refractivity contribution in [1.82, 2.24) is 16.0 Å². The quantitative estimate of drug-likeness (QED) is 0.428. The van der Waals surface area contributed by atoms with Crippen LogP contribution in [0.4, 0.5) is 0 Å². The average molecular weight is 388 g/mol. The summed E-state index contributed by atoms with van der Waals surface area (Å²) in [5.41, 5.74) is 7.25. The predicted molar refractivity (Wildman–Crippen MR) is 124 cm³/mol. The molecule has 3 nitrogen and oxygen atoms in total. The summed E-state index contributed by atoms with van der Waals surface area (Å²) < 4.78 is 0. The average Bonchev–Trinajstić information content (AvgIpc) is 3.00. The molecule has 28 heavy (non-hydrogen) atoms. The largest absolute Gasteiger partial charge is 0.362 e. The lowest BCUT2D eigenvalue weighted by molar-refractivity contribution is 0.432. The molecule has 0 saturated heterocycles. The second kappa shape index (κ2) is 7.65. The maximum atomic E-state index is 4.03. The third-order valence-electron chi connectivity index (χ3n) is 4.95. The smallest absolute Gasteiger partial charge is 0.0998 e. The van der Waals surface area contributed by atoms with E-state index in [1.807, 2.05) is 0 Å². The maximum absolute atomic E-state index is 4.03. The van der Waals surface area contributed by atoms with Crippen LogP contribution in [0.25, 0.3) is 0 Å². The molecule has 0 aliphatic carbocycles. The van der Waals surface area contributed by atoms with Gasteiger partial charge in [0.25, 0.3) is 0 Å². The van der Waals surface area contributed by atoms with Gasteiger partial charge in [-0.05, 0) is 11.0 Å². The molecule has 0 amide bonds. The summed E-state index contributed by atoms with van der Waals surface area (Å²) in [6, 6.07) is 0. The van der Waals surface area contributed by atoms with E-state index in [9.17, 15) is 0 Å². The number of rotatable bonds is 0. The van der Waals surface area contributed by atoms with Crippen LogP contribution in [0, 0.1) is 21.7 Å².